The Kier molecular flexibility index (Phi) is 3.84. The van der Waals surface area contributed by atoms with E-state index in [2.05, 4.69) is 15.6 Å². The van der Waals surface area contributed by atoms with Gasteiger partial charge in [0.2, 0.25) is 5.91 Å². The van der Waals surface area contributed by atoms with E-state index >= 15 is 0 Å². The van der Waals surface area contributed by atoms with Gasteiger partial charge in [0.1, 0.15) is 11.9 Å². The van der Waals surface area contributed by atoms with Crippen molar-refractivity contribution in [2.24, 2.45) is 0 Å². The van der Waals surface area contributed by atoms with Crippen molar-refractivity contribution < 1.29 is 13.2 Å². The highest BCUT2D eigenvalue weighted by Gasteiger charge is 2.42. The minimum atomic E-state index is -3.30. The molecular weight excluding hydrogens is 350 g/mol. The maximum Gasteiger partial charge on any atom is 0.247 e. The lowest BCUT2D eigenvalue weighted by atomic mass is 9.82. The van der Waals surface area contributed by atoms with Crippen molar-refractivity contribution in [1.29, 1.82) is 0 Å². The predicted molar refractivity (Wildman–Crippen MR) is 99.4 cm³/mol. The molecule has 0 fully saturated rings. The third kappa shape index (κ3) is 2.59. The SMILES string of the molecule is CCS(=O)(=O)c1cccc(C2=CNC(=O)C3Nc4ncc(C)cc4C23)c1. The molecule has 26 heavy (non-hydrogen) atoms. The monoisotopic (exact) mass is 369 g/mol. The zero-order valence-electron chi connectivity index (χ0n) is 14.5. The molecule has 0 saturated heterocycles. The summed E-state index contributed by atoms with van der Waals surface area (Å²) in [5, 5.41) is 5.97. The highest BCUT2D eigenvalue weighted by atomic mass is 32.2. The number of amides is 1. The molecule has 1 aromatic carbocycles. The number of nitrogens with one attached hydrogen (secondary N) is 2. The average Bonchev–Trinajstić information content (AvgIpc) is 3.02. The van der Waals surface area contributed by atoms with Gasteiger partial charge in [0, 0.05) is 23.9 Å². The number of hydrogen-bond acceptors (Lipinski definition) is 5. The summed E-state index contributed by atoms with van der Waals surface area (Å²) in [5.41, 5.74) is 3.63. The van der Waals surface area contributed by atoms with Crippen LogP contribution >= 0.6 is 0 Å². The molecule has 2 unspecified atom stereocenters. The third-order valence-electron chi connectivity index (χ3n) is 4.91. The molecule has 6 nitrogen and oxygen atoms in total. The molecule has 0 aliphatic carbocycles. The van der Waals surface area contributed by atoms with Crippen LogP contribution in [0, 0.1) is 6.92 Å². The van der Waals surface area contributed by atoms with Crippen LogP contribution in [0.4, 0.5) is 5.82 Å². The Hall–Kier alpha value is -2.67. The molecule has 2 aromatic rings. The maximum absolute atomic E-state index is 12.3. The molecule has 2 aliphatic heterocycles. The van der Waals surface area contributed by atoms with E-state index in [1.54, 1.807) is 37.5 Å². The fraction of sp³-hybridized carbons (Fsp3) is 0.263. The molecule has 7 heteroatoms. The van der Waals surface area contributed by atoms with Gasteiger partial charge in [-0.3, -0.25) is 4.79 Å². The molecule has 2 aliphatic rings. The second-order valence-electron chi connectivity index (χ2n) is 6.59. The van der Waals surface area contributed by atoms with Gasteiger partial charge >= 0.3 is 0 Å². The van der Waals surface area contributed by atoms with E-state index in [9.17, 15) is 13.2 Å². The number of carbonyl (C=O) groups is 1. The van der Waals surface area contributed by atoms with Crippen molar-refractivity contribution in [2.45, 2.75) is 30.7 Å². The van der Waals surface area contributed by atoms with Gasteiger partial charge in [-0.1, -0.05) is 25.1 Å². The first-order valence-corrected chi connectivity index (χ1v) is 10.1. The van der Waals surface area contributed by atoms with E-state index in [-0.39, 0.29) is 17.6 Å². The summed E-state index contributed by atoms with van der Waals surface area (Å²) >= 11 is 0. The number of hydrogen-bond donors (Lipinski definition) is 2. The Morgan fingerprint density at radius 1 is 1.23 bits per heavy atom. The van der Waals surface area contributed by atoms with Crippen molar-refractivity contribution in [1.82, 2.24) is 10.3 Å². The summed E-state index contributed by atoms with van der Waals surface area (Å²) < 4.78 is 24.5. The summed E-state index contributed by atoms with van der Waals surface area (Å²) in [5.74, 6) is 0.426. The number of fused-ring (bicyclic) bond motifs is 3. The first kappa shape index (κ1) is 16.8. The minimum Gasteiger partial charge on any atom is -0.357 e. The van der Waals surface area contributed by atoms with Gasteiger partial charge < -0.3 is 10.6 Å². The second kappa shape index (κ2) is 5.95. The lowest BCUT2D eigenvalue weighted by Crippen LogP contribution is -2.42. The molecule has 4 rings (SSSR count). The van der Waals surface area contributed by atoms with Gasteiger partial charge in [0.25, 0.3) is 0 Å². The molecule has 0 saturated carbocycles. The molecule has 0 spiro atoms. The Labute approximate surface area is 152 Å². The lowest BCUT2D eigenvalue weighted by molar-refractivity contribution is -0.121. The second-order valence-corrected chi connectivity index (χ2v) is 8.87. The number of rotatable bonds is 3. The molecule has 0 bridgehead atoms. The molecule has 3 heterocycles. The van der Waals surface area contributed by atoms with E-state index in [0.29, 0.717) is 10.7 Å². The molecule has 134 valence electrons. The quantitative estimate of drug-likeness (QED) is 0.866. The number of anilines is 1. The highest BCUT2D eigenvalue weighted by Crippen LogP contribution is 2.45. The standard InChI is InChI=1S/C19H19N3O3S/c1-3-26(24,25)13-6-4-5-12(8-13)15-10-21-19(23)17-16(15)14-7-11(2)9-20-18(14)22-17/h4-10,16-17H,3H2,1-2H3,(H,20,22)(H,21,23). The van der Waals surface area contributed by atoms with Crippen LogP contribution in [-0.4, -0.2) is 31.1 Å². The molecule has 2 atom stereocenters. The van der Waals surface area contributed by atoms with Crippen LogP contribution in [-0.2, 0) is 14.6 Å². The number of aromatic nitrogens is 1. The summed E-state index contributed by atoms with van der Waals surface area (Å²) in [6, 6.07) is 8.47. The highest BCUT2D eigenvalue weighted by molar-refractivity contribution is 7.91. The summed E-state index contributed by atoms with van der Waals surface area (Å²) in [4.78, 5) is 17.0. The molecule has 1 aromatic heterocycles. The van der Waals surface area contributed by atoms with Gasteiger partial charge in [-0.15, -0.1) is 0 Å². The Morgan fingerprint density at radius 3 is 2.81 bits per heavy atom. The van der Waals surface area contributed by atoms with Crippen LogP contribution in [0.15, 0.2) is 47.6 Å². The van der Waals surface area contributed by atoms with Gasteiger partial charge in [-0.2, -0.15) is 0 Å². The number of sulfone groups is 1. The maximum atomic E-state index is 12.3. The average molecular weight is 369 g/mol. The Bertz CT molecular complexity index is 1040. The van der Waals surface area contributed by atoms with Gasteiger partial charge in [0.15, 0.2) is 9.84 Å². The zero-order valence-corrected chi connectivity index (χ0v) is 15.3. The van der Waals surface area contributed by atoms with E-state index in [0.717, 1.165) is 22.3 Å². The van der Waals surface area contributed by atoms with Crippen molar-refractivity contribution in [3.8, 4) is 0 Å². The van der Waals surface area contributed by atoms with Crippen LogP contribution in [0.25, 0.3) is 5.57 Å². The van der Waals surface area contributed by atoms with Crippen molar-refractivity contribution in [2.75, 3.05) is 11.1 Å². The normalized spacial score (nSPS) is 21.3. The lowest BCUT2D eigenvalue weighted by Gasteiger charge is -2.27. The third-order valence-corrected chi connectivity index (χ3v) is 6.64. The molecule has 1 amide bonds. The van der Waals surface area contributed by atoms with Crippen LogP contribution < -0.4 is 10.6 Å². The van der Waals surface area contributed by atoms with Gasteiger partial charge in [-0.25, -0.2) is 13.4 Å². The largest absolute Gasteiger partial charge is 0.357 e. The van der Waals surface area contributed by atoms with E-state index < -0.39 is 15.9 Å². The molecular formula is C19H19N3O3S. The van der Waals surface area contributed by atoms with Crippen LogP contribution in [0.1, 0.15) is 29.5 Å². The number of aryl methyl sites for hydroxylation is 1. The van der Waals surface area contributed by atoms with Crippen molar-refractivity contribution in [3.05, 3.63) is 59.4 Å². The number of nitrogens with zero attached hydrogens (tertiary/aromatic N) is 1. The van der Waals surface area contributed by atoms with Crippen molar-refractivity contribution >= 4 is 27.1 Å². The van der Waals surface area contributed by atoms with E-state index in [1.807, 2.05) is 19.1 Å². The number of carbonyl (C=O) groups excluding carboxylic acids is 1. The summed E-state index contributed by atoms with van der Waals surface area (Å²) in [6.45, 7) is 3.59. The van der Waals surface area contributed by atoms with Gasteiger partial charge in [0.05, 0.1) is 10.6 Å². The molecule has 0 radical (unpaired) electrons. The first-order chi connectivity index (χ1) is 12.4. The minimum absolute atomic E-state index is 0.0474. The van der Waals surface area contributed by atoms with Crippen LogP contribution in [0.5, 0.6) is 0 Å². The zero-order chi connectivity index (χ0) is 18.5. The smallest absolute Gasteiger partial charge is 0.247 e. The molecule has 2 N–H and O–H groups in total. The Balaban J connectivity index is 1.84. The van der Waals surface area contributed by atoms with E-state index in [1.165, 1.54) is 0 Å². The predicted octanol–water partition coefficient (Wildman–Crippen LogP) is 2.23. The van der Waals surface area contributed by atoms with Gasteiger partial charge in [-0.05, 0) is 35.8 Å². The van der Waals surface area contributed by atoms with Crippen LogP contribution in [0.3, 0.4) is 0 Å². The topological polar surface area (TPSA) is 88.2 Å². The fourth-order valence-electron chi connectivity index (χ4n) is 3.55. The first-order valence-electron chi connectivity index (χ1n) is 8.47. The number of pyridine rings is 1. The van der Waals surface area contributed by atoms with Crippen molar-refractivity contribution in [3.63, 3.8) is 0 Å². The van der Waals surface area contributed by atoms with E-state index in [4.69, 9.17) is 0 Å². The number of benzene rings is 1. The summed E-state index contributed by atoms with van der Waals surface area (Å²) in [6.07, 6.45) is 3.44. The Morgan fingerprint density at radius 2 is 2.04 bits per heavy atom. The van der Waals surface area contributed by atoms with Crippen LogP contribution in [0.2, 0.25) is 0 Å². The summed E-state index contributed by atoms with van der Waals surface area (Å²) in [7, 11) is -3.30. The fourth-order valence-corrected chi connectivity index (χ4v) is 4.48.